The van der Waals surface area contributed by atoms with Gasteiger partial charge in [-0.3, -0.25) is 4.90 Å². The van der Waals surface area contributed by atoms with Crippen LogP contribution >= 0.6 is 0 Å². The first-order valence-corrected chi connectivity index (χ1v) is 8.14. The number of benzene rings is 1. The second-order valence-corrected chi connectivity index (χ2v) is 6.39. The third kappa shape index (κ3) is 3.06. The molecule has 2 saturated heterocycles. The van der Waals surface area contributed by atoms with Gasteiger partial charge < -0.3 is 10.4 Å². The Labute approximate surface area is 126 Å². The average Bonchev–Trinajstić information content (AvgIpc) is 3.01. The highest BCUT2D eigenvalue weighted by Gasteiger charge is 2.34. The lowest BCUT2D eigenvalue weighted by molar-refractivity contribution is 0.0787. The molecule has 3 unspecified atom stereocenters. The Balaban J connectivity index is 1.81. The predicted molar refractivity (Wildman–Crippen MR) is 81.8 cm³/mol. The maximum atomic E-state index is 14.2. The van der Waals surface area contributed by atoms with Crippen LogP contribution in [0.5, 0.6) is 5.75 Å². The number of phenols is 1. The summed E-state index contributed by atoms with van der Waals surface area (Å²) < 4.78 is 14.2. The van der Waals surface area contributed by atoms with Gasteiger partial charge in [-0.15, -0.1) is 0 Å². The van der Waals surface area contributed by atoms with Crippen molar-refractivity contribution in [1.29, 1.82) is 0 Å². The van der Waals surface area contributed by atoms with Gasteiger partial charge in [0.25, 0.3) is 0 Å². The summed E-state index contributed by atoms with van der Waals surface area (Å²) in [5, 5.41) is 13.0. The van der Waals surface area contributed by atoms with Gasteiger partial charge in [0.05, 0.1) is 0 Å². The van der Waals surface area contributed by atoms with E-state index < -0.39 is 0 Å². The maximum Gasteiger partial charge on any atom is 0.131 e. The molecule has 0 amide bonds. The molecular formula is C17H25FN2O. The second kappa shape index (κ2) is 6.32. The molecular weight excluding hydrogens is 267 g/mol. The lowest BCUT2D eigenvalue weighted by Crippen LogP contribution is -2.51. The fourth-order valence-corrected chi connectivity index (χ4v) is 3.97. The van der Waals surface area contributed by atoms with Crippen molar-refractivity contribution in [2.24, 2.45) is 0 Å². The van der Waals surface area contributed by atoms with E-state index in [0.717, 1.165) is 13.1 Å². The normalized spacial score (nSPS) is 28.7. The minimum atomic E-state index is -0.300. The minimum Gasteiger partial charge on any atom is -0.508 e. The van der Waals surface area contributed by atoms with E-state index in [0.29, 0.717) is 17.6 Å². The zero-order valence-corrected chi connectivity index (χ0v) is 12.7. The molecule has 4 heteroatoms. The Hall–Kier alpha value is -1.13. The van der Waals surface area contributed by atoms with Crippen LogP contribution in [0.15, 0.2) is 18.2 Å². The molecule has 2 heterocycles. The van der Waals surface area contributed by atoms with Gasteiger partial charge in [0.15, 0.2) is 0 Å². The quantitative estimate of drug-likeness (QED) is 0.898. The first-order valence-electron chi connectivity index (χ1n) is 8.14. The lowest BCUT2D eigenvalue weighted by Gasteiger charge is -2.43. The monoisotopic (exact) mass is 292 g/mol. The van der Waals surface area contributed by atoms with Crippen molar-refractivity contribution in [1.82, 2.24) is 10.2 Å². The van der Waals surface area contributed by atoms with E-state index in [1.54, 1.807) is 12.1 Å². The topological polar surface area (TPSA) is 35.5 Å². The van der Waals surface area contributed by atoms with E-state index in [2.05, 4.69) is 17.1 Å². The predicted octanol–water partition coefficient (Wildman–Crippen LogP) is 3.20. The Morgan fingerprint density at radius 2 is 2.14 bits per heavy atom. The molecule has 2 N–H and O–H groups in total. The van der Waals surface area contributed by atoms with Gasteiger partial charge in [-0.2, -0.15) is 0 Å². The van der Waals surface area contributed by atoms with Crippen LogP contribution in [0, 0.1) is 5.82 Å². The molecule has 2 aliphatic heterocycles. The van der Waals surface area contributed by atoms with E-state index in [4.69, 9.17) is 0 Å². The number of rotatable bonds is 3. The van der Waals surface area contributed by atoms with Crippen LogP contribution in [0.4, 0.5) is 4.39 Å². The van der Waals surface area contributed by atoms with Crippen LogP contribution in [0.25, 0.3) is 0 Å². The Morgan fingerprint density at radius 3 is 2.86 bits per heavy atom. The van der Waals surface area contributed by atoms with E-state index in [1.807, 2.05) is 0 Å². The Morgan fingerprint density at radius 1 is 1.29 bits per heavy atom. The van der Waals surface area contributed by atoms with Crippen molar-refractivity contribution in [2.75, 3.05) is 13.1 Å². The van der Waals surface area contributed by atoms with Crippen molar-refractivity contribution in [2.45, 2.75) is 57.2 Å². The van der Waals surface area contributed by atoms with E-state index in [-0.39, 0.29) is 17.6 Å². The molecule has 21 heavy (non-hydrogen) atoms. The molecule has 0 saturated carbocycles. The van der Waals surface area contributed by atoms with Crippen LogP contribution in [0.3, 0.4) is 0 Å². The van der Waals surface area contributed by atoms with Crippen molar-refractivity contribution in [3.05, 3.63) is 29.6 Å². The summed E-state index contributed by atoms with van der Waals surface area (Å²) >= 11 is 0. The van der Waals surface area contributed by atoms with Gasteiger partial charge in [-0.05, 0) is 51.8 Å². The summed E-state index contributed by atoms with van der Waals surface area (Å²) in [6.07, 6.45) is 6.13. The van der Waals surface area contributed by atoms with Crippen LogP contribution in [-0.4, -0.2) is 35.2 Å². The standard InChI is InChI=1S/C17H25FN2O/c1-12(14-8-7-13(21)11-15(14)18)20-10-3-2-6-17(20)16-5-4-9-19-16/h7-8,11-12,16-17,19,21H,2-6,9-10H2,1H3. The molecule has 0 aliphatic carbocycles. The summed E-state index contributed by atoms with van der Waals surface area (Å²) in [7, 11) is 0. The van der Waals surface area contributed by atoms with Gasteiger partial charge in [0.1, 0.15) is 11.6 Å². The molecule has 3 atom stereocenters. The third-order valence-electron chi connectivity index (χ3n) is 5.09. The highest BCUT2D eigenvalue weighted by molar-refractivity contribution is 5.29. The van der Waals surface area contributed by atoms with Gasteiger partial charge in [-0.25, -0.2) is 4.39 Å². The zero-order valence-electron chi connectivity index (χ0n) is 12.7. The van der Waals surface area contributed by atoms with Crippen molar-refractivity contribution in [3.8, 4) is 5.75 Å². The fourth-order valence-electron chi connectivity index (χ4n) is 3.97. The van der Waals surface area contributed by atoms with Crippen molar-refractivity contribution >= 4 is 0 Å². The number of aromatic hydroxyl groups is 1. The summed E-state index contributed by atoms with van der Waals surface area (Å²) in [5.74, 6) is -0.303. The molecule has 0 bridgehead atoms. The van der Waals surface area contributed by atoms with Crippen molar-refractivity contribution in [3.63, 3.8) is 0 Å². The largest absolute Gasteiger partial charge is 0.508 e. The molecule has 0 aromatic heterocycles. The van der Waals surface area contributed by atoms with Gasteiger partial charge in [0, 0.05) is 29.8 Å². The Bertz CT molecular complexity index is 488. The number of nitrogens with one attached hydrogen (secondary N) is 1. The average molecular weight is 292 g/mol. The third-order valence-corrected chi connectivity index (χ3v) is 5.09. The molecule has 3 rings (SSSR count). The smallest absolute Gasteiger partial charge is 0.131 e. The number of piperidine rings is 1. The number of hydrogen-bond acceptors (Lipinski definition) is 3. The molecule has 1 aromatic carbocycles. The van der Waals surface area contributed by atoms with Crippen LogP contribution in [-0.2, 0) is 0 Å². The summed E-state index contributed by atoms with van der Waals surface area (Å²) in [4.78, 5) is 2.46. The fraction of sp³-hybridized carbons (Fsp3) is 0.647. The highest BCUT2D eigenvalue weighted by atomic mass is 19.1. The molecule has 0 radical (unpaired) electrons. The number of nitrogens with zero attached hydrogens (tertiary/aromatic N) is 1. The van der Waals surface area contributed by atoms with Crippen LogP contribution in [0.2, 0.25) is 0 Å². The number of hydrogen-bond donors (Lipinski definition) is 2. The number of phenolic OH excluding ortho intramolecular Hbond substituents is 1. The number of halogens is 1. The minimum absolute atomic E-state index is 0.00361. The van der Waals surface area contributed by atoms with Crippen LogP contribution in [0.1, 0.15) is 50.6 Å². The SMILES string of the molecule is CC(c1ccc(O)cc1F)N1CCCCC1C1CCCN1. The summed E-state index contributed by atoms with van der Waals surface area (Å²) in [6, 6.07) is 5.64. The number of likely N-dealkylation sites (tertiary alicyclic amines) is 1. The van der Waals surface area contributed by atoms with Gasteiger partial charge >= 0.3 is 0 Å². The van der Waals surface area contributed by atoms with E-state index in [9.17, 15) is 9.50 Å². The first-order chi connectivity index (χ1) is 10.2. The van der Waals surface area contributed by atoms with Crippen molar-refractivity contribution < 1.29 is 9.50 Å². The van der Waals surface area contributed by atoms with E-state index >= 15 is 0 Å². The lowest BCUT2D eigenvalue weighted by atomic mass is 9.91. The molecule has 2 fully saturated rings. The molecule has 2 aliphatic rings. The molecule has 116 valence electrons. The summed E-state index contributed by atoms with van der Waals surface area (Å²) in [6.45, 7) is 4.23. The molecule has 3 nitrogen and oxygen atoms in total. The second-order valence-electron chi connectivity index (χ2n) is 6.39. The molecule has 1 aromatic rings. The highest BCUT2D eigenvalue weighted by Crippen LogP contribution is 2.33. The first kappa shape index (κ1) is 14.8. The summed E-state index contributed by atoms with van der Waals surface area (Å²) in [5.41, 5.74) is 0.692. The van der Waals surface area contributed by atoms with Gasteiger partial charge in [-0.1, -0.05) is 12.5 Å². The zero-order chi connectivity index (χ0) is 14.8. The van der Waals surface area contributed by atoms with Gasteiger partial charge in [0.2, 0.25) is 0 Å². The van der Waals surface area contributed by atoms with E-state index in [1.165, 1.54) is 38.2 Å². The maximum absolute atomic E-state index is 14.2. The molecule has 0 spiro atoms. The van der Waals surface area contributed by atoms with Crippen LogP contribution < -0.4 is 5.32 Å². The Kier molecular flexibility index (Phi) is 4.45.